The minimum atomic E-state index is -3.34. The van der Waals surface area contributed by atoms with Crippen molar-refractivity contribution in [3.63, 3.8) is 0 Å². The molecule has 0 spiro atoms. The number of sulfonamides is 1. The first-order valence-electron chi connectivity index (χ1n) is 7.49. The summed E-state index contributed by atoms with van der Waals surface area (Å²) >= 11 is 1.47. The van der Waals surface area contributed by atoms with E-state index in [1.807, 2.05) is 0 Å². The third-order valence-electron chi connectivity index (χ3n) is 4.09. The van der Waals surface area contributed by atoms with Crippen molar-refractivity contribution in [2.75, 3.05) is 33.1 Å². The summed E-state index contributed by atoms with van der Waals surface area (Å²) in [6.45, 7) is 0.647. The Hall–Kier alpha value is -1.55. The van der Waals surface area contributed by atoms with Crippen molar-refractivity contribution in [1.82, 2.24) is 14.6 Å². The number of nitrogens with one attached hydrogen (secondary N) is 1. The smallest absolute Gasteiger partial charge is 0.251 e. The average Bonchev–Trinajstić information content (AvgIpc) is 3.15. The highest BCUT2D eigenvalue weighted by atomic mass is 32.2. The minimum absolute atomic E-state index is 0.0428. The summed E-state index contributed by atoms with van der Waals surface area (Å²) in [4.78, 5) is 16.7. The molecule has 24 heavy (non-hydrogen) atoms. The molecule has 1 N–H and O–H groups in total. The largest absolute Gasteiger partial charge is 0.379 e. The molecule has 130 valence electrons. The van der Waals surface area contributed by atoms with Crippen molar-refractivity contribution in [2.45, 2.75) is 6.04 Å². The van der Waals surface area contributed by atoms with Gasteiger partial charge in [-0.25, -0.2) is 17.7 Å². The summed E-state index contributed by atoms with van der Waals surface area (Å²) in [5.41, 5.74) is 3.13. The zero-order valence-electron chi connectivity index (χ0n) is 13.4. The lowest BCUT2D eigenvalue weighted by atomic mass is 10.1. The number of ether oxygens (including phenoxy) is 1. The molecule has 1 aliphatic rings. The Bertz CT molecular complexity index is 847. The molecule has 1 amide bonds. The Morgan fingerprint density at radius 3 is 2.96 bits per heavy atom. The second-order valence-corrected chi connectivity index (χ2v) is 9.09. The van der Waals surface area contributed by atoms with Crippen LogP contribution in [0.4, 0.5) is 0 Å². The van der Waals surface area contributed by atoms with Gasteiger partial charge >= 0.3 is 0 Å². The fourth-order valence-electron chi connectivity index (χ4n) is 2.59. The summed E-state index contributed by atoms with van der Waals surface area (Å²) in [5, 5.41) is 2.90. The molecule has 0 aliphatic carbocycles. The molecule has 9 heteroatoms. The number of hydrogen-bond donors (Lipinski definition) is 1. The van der Waals surface area contributed by atoms with Gasteiger partial charge in [-0.2, -0.15) is 0 Å². The maximum absolute atomic E-state index is 12.5. The Morgan fingerprint density at radius 2 is 2.21 bits per heavy atom. The fourth-order valence-corrected chi connectivity index (χ4v) is 4.47. The van der Waals surface area contributed by atoms with Gasteiger partial charge in [0.15, 0.2) is 0 Å². The molecule has 0 radical (unpaired) electrons. The van der Waals surface area contributed by atoms with Crippen LogP contribution in [0.2, 0.25) is 0 Å². The van der Waals surface area contributed by atoms with Crippen LogP contribution in [0.5, 0.6) is 0 Å². The van der Waals surface area contributed by atoms with Crippen molar-refractivity contribution >= 4 is 37.5 Å². The quantitative estimate of drug-likeness (QED) is 0.847. The van der Waals surface area contributed by atoms with E-state index < -0.39 is 10.0 Å². The summed E-state index contributed by atoms with van der Waals surface area (Å²) < 4.78 is 31.6. The summed E-state index contributed by atoms with van der Waals surface area (Å²) in [6, 6.07) is 5.01. The highest BCUT2D eigenvalue weighted by Crippen LogP contribution is 2.21. The van der Waals surface area contributed by atoms with Gasteiger partial charge in [-0.1, -0.05) is 0 Å². The van der Waals surface area contributed by atoms with Gasteiger partial charge in [0.25, 0.3) is 5.91 Å². The zero-order valence-corrected chi connectivity index (χ0v) is 15.1. The number of benzene rings is 1. The number of aromatic nitrogens is 1. The SMILES string of the molecule is CN(C)S(=O)(=O)C[C@@H]1COC[C@H]1NC(=O)c1ccc2ncsc2c1. The van der Waals surface area contributed by atoms with Crippen molar-refractivity contribution in [2.24, 2.45) is 5.92 Å². The lowest BCUT2D eigenvalue weighted by Gasteiger charge is -2.21. The predicted octanol–water partition coefficient (Wildman–Crippen LogP) is 0.933. The zero-order chi connectivity index (χ0) is 17.3. The molecular weight excluding hydrogens is 350 g/mol. The number of thiazole rings is 1. The van der Waals surface area contributed by atoms with Crippen LogP contribution in [0.3, 0.4) is 0 Å². The number of hydrogen-bond acceptors (Lipinski definition) is 6. The van der Waals surface area contributed by atoms with Crippen LogP contribution in [0, 0.1) is 5.92 Å². The standard InChI is InChI=1S/C15H19N3O4S2/c1-18(2)24(20,21)8-11-6-22-7-13(11)17-15(19)10-3-4-12-14(5-10)23-9-16-12/h3-5,9,11,13H,6-8H2,1-2H3,(H,17,19)/t11-,13+/m0/s1. The third-order valence-corrected chi connectivity index (χ3v) is 6.84. The minimum Gasteiger partial charge on any atom is -0.379 e. The van der Waals surface area contributed by atoms with E-state index in [-0.39, 0.29) is 23.6 Å². The van der Waals surface area contributed by atoms with E-state index in [1.54, 1.807) is 23.7 Å². The van der Waals surface area contributed by atoms with E-state index >= 15 is 0 Å². The lowest BCUT2D eigenvalue weighted by Crippen LogP contribution is -2.43. The first-order valence-corrected chi connectivity index (χ1v) is 9.98. The molecule has 7 nitrogen and oxygen atoms in total. The topological polar surface area (TPSA) is 88.6 Å². The first kappa shape index (κ1) is 17.3. The molecule has 2 heterocycles. The molecule has 1 saturated heterocycles. The highest BCUT2D eigenvalue weighted by molar-refractivity contribution is 7.89. The van der Waals surface area contributed by atoms with Gasteiger partial charge in [0.1, 0.15) is 0 Å². The van der Waals surface area contributed by atoms with Crippen LogP contribution >= 0.6 is 11.3 Å². The Morgan fingerprint density at radius 1 is 1.42 bits per heavy atom. The van der Waals surface area contributed by atoms with Gasteiger partial charge in [0.2, 0.25) is 10.0 Å². The molecule has 0 unspecified atom stereocenters. The first-order chi connectivity index (χ1) is 11.4. The average molecular weight is 369 g/mol. The van der Waals surface area contributed by atoms with Gasteiger partial charge < -0.3 is 10.1 Å². The molecule has 0 saturated carbocycles. The van der Waals surface area contributed by atoms with Gasteiger partial charge in [-0.15, -0.1) is 11.3 Å². The van der Waals surface area contributed by atoms with Crippen molar-refractivity contribution in [3.05, 3.63) is 29.3 Å². The predicted molar refractivity (Wildman–Crippen MR) is 92.7 cm³/mol. The molecular formula is C15H19N3O4S2. The van der Waals surface area contributed by atoms with E-state index in [4.69, 9.17) is 4.74 Å². The Labute approximate surface area is 144 Å². The van der Waals surface area contributed by atoms with E-state index in [1.165, 1.54) is 29.7 Å². The van der Waals surface area contributed by atoms with Gasteiger partial charge in [0, 0.05) is 25.6 Å². The van der Waals surface area contributed by atoms with Gasteiger partial charge in [-0.3, -0.25) is 4.79 Å². The lowest BCUT2D eigenvalue weighted by molar-refractivity contribution is 0.0926. The second-order valence-electron chi connectivity index (χ2n) is 5.97. The van der Waals surface area contributed by atoms with Gasteiger partial charge in [0.05, 0.1) is 40.7 Å². The van der Waals surface area contributed by atoms with E-state index in [0.29, 0.717) is 18.8 Å². The van der Waals surface area contributed by atoms with Crippen LogP contribution in [0.1, 0.15) is 10.4 Å². The Balaban J connectivity index is 1.70. The highest BCUT2D eigenvalue weighted by Gasteiger charge is 2.34. The van der Waals surface area contributed by atoms with Crippen LogP contribution in [0.25, 0.3) is 10.2 Å². The summed E-state index contributed by atoms with van der Waals surface area (Å²) in [6.07, 6.45) is 0. The van der Waals surface area contributed by atoms with Crippen LogP contribution in [-0.4, -0.2) is 62.7 Å². The number of nitrogens with zero attached hydrogens (tertiary/aromatic N) is 2. The van der Waals surface area contributed by atoms with Crippen LogP contribution in [0.15, 0.2) is 23.7 Å². The molecule has 2 aromatic rings. The molecule has 0 bridgehead atoms. The molecule has 1 aromatic heterocycles. The Kier molecular flexibility index (Phi) is 4.86. The van der Waals surface area contributed by atoms with Crippen molar-refractivity contribution in [1.29, 1.82) is 0 Å². The summed E-state index contributed by atoms with van der Waals surface area (Å²) in [7, 11) is -0.335. The third kappa shape index (κ3) is 3.59. The fraction of sp³-hybridized carbons (Fsp3) is 0.467. The van der Waals surface area contributed by atoms with E-state index in [2.05, 4.69) is 10.3 Å². The molecule has 1 aromatic carbocycles. The number of carbonyl (C=O) groups excluding carboxylic acids is 1. The normalized spacial score (nSPS) is 21.5. The van der Waals surface area contributed by atoms with E-state index in [9.17, 15) is 13.2 Å². The van der Waals surface area contributed by atoms with Crippen LogP contribution < -0.4 is 5.32 Å². The monoisotopic (exact) mass is 369 g/mol. The number of carbonyl (C=O) groups is 1. The van der Waals surface area contributed by atoms with Crippen molar-refractivity contribution < 1.29 is 17.9 Å². The van der Waals surface area contributed by atoms with Crippen molar-refractivity contribution in [3.8, 4) is 0 Å². The maximum atomic E-state index is 12.5. The maximum Gasteiger partial charge on any atom is 0.251 e. The summed E-state index contributed by atoms with van der Waals surface area (Å²) in [5.74, 6) is -0.528. The number of fused-ring (bicyclic) bond motifs is 1. The molecule has 2 atom stereocenters. The molecule has 1 fully saturated rings. The second kappa shape index (κ2) is 6.75. The van der Waals surface area contributed by atoms with E-state index in [0.717, 1.165) is 10.2 Å². The number of amides is 1. The van der Waals surface area contributed by atoms with Crippen LogP contribution in [-0.2, 0) is 14.8 Å². The number of rotatable bonds is 5. The van der Waals surface area contributed by atoms with Gasteiger partial charge in [-0.05, 0) is 18.2 Å². The molecule has 1 aliphatic heterocycles. The molecule has 3 rings (SSSR count).